The van der Waals surface area contributed by atoms with Gasteiger partial charge in [0.15, 0.2) is 5.82 Å². The zero-order valence-electron chi connectivity index (χ0n) is 11.6. The first-order chi connectivity index (χ1) is 9.15. The molecule has 5 nitrogen and oxygen atoms in total. The monoisotopic (exact) mass is 260 g/mol. The Morgan fingerprint density at radius 1 is 1.37 bits per heavy atom. The highest BCUT2D eigenvalue weighted by molar-refractivity contribution is 5.39. The van der Waals surface area contributed by atoms with Gasteiger partial charge in [0.25, 0.3) is 0 Å². The first kappa shape index (κ1) is 13.5. The summed E-state index contributed by atoms with van der Waals surface area (Å²) in [6, 6.07) is 7.81. The van der Waals surface area contributed by atoms with E-state index in [1.54, 1.807) is 7.11 Å². The van der Waals surface area contributed by atoms with Crippen molar-refractivity contribution < 1.29 is 4.74 Å². The molecular weight excluding hydrogens is 240 g/mol. The fraction of sp³-hybridized carbons (Fsp3) is 0.429. The SMILES string of the molecule is COc1cccc(-n2nc(CCN)nc2C(C)C)c1. The number of methoxy groups -OCH3 is 1. The van der Waals surface area contributed by atoms with Gasteiger partial charge in [-0.25, -0.2) is 9.67 Å². The van der Waals surface area contributed by atoms with Crippen molar-refractivity contribution in [1.82, 2.24) is 14.8 Å². The van der Waals surface area contributed by atoms with E-state index in [1.165, 1.54) is 0 Å². The lowest BCUT2D eigenvalue weighted by atomic mass is 10.2. The Hall–Kier alpha value is -1.88. The van der Waals surface area contributed by atoms with Gasteiger partial charge in [-0.1, -0.05) is 19.9 Å². The van der Waals surface area contributed by atoms with E-state index in [0.29, 0.717) is 18.9 Å². The quantitative estimate of drug-likeness (QED) is 0.891. The zero-order valence-corrected chi connectivity index (χ0v) is 11.6. The minimum atomic E-state index is 0.297. The van der Waals surface area contributed by atoms with Crippen molar-refractivity contribution in [3.63, 3.8) is 0 Å². The Labute approximate surface area is 113 Å². The van der Waals surface area contributed by atoms with Crippen molar-refractivity contribution in [2.24, 2.45) is 5.73 Å². The molecule has 0 saturated carbocycles. The van der Waals surface area contributed by atoms with Crippen LogP contribution in [0.15, 0.2) is 24.3 Å². The topological polar surface area (TPSA) is 66.0 Å². The highest BCUT2D eigenvalue weighted by Gasteiger charge is 2.14. The molecule has 2 rings (SSSR count). The highest BCUT2D eigenvalue weighted by Crippen LogP contribution is 2.20. The Bertz CT molecular complexity index is 548. The average Bonchev–Trinajstić information content (AvgIpc) is 2.83. The molecule has 0 spiro atoms. The standard InChI is InChI=1S/C14H20N4O/c1-10(2)14-16-13(7-8-15)17-18(14)11-5-4-6-12(9-11)19-3/h4-6,9-10H,7-8,15H2,1-3H3. The smallest absolute Gasteiger partial charge is 0.152 e. The number of benzene rings is 1. The van der Waals surface area contributed by atoms with Crippen LogP contribution in [0.4, 0.5) is 0 Å². The van der Waals surface area contributed by atoms with Crippen LogP contribution in [-0.2, 0) is 6.42 Å². The number of aromatic nitrogens is 3. The molecule has 1 heterocycles. The normalized spacial score (nSPS) is 11.0. The summed E-state index contributed by atoms with van der Waals surface area (Å²) in [5, 5.41) is 4.54. The maximum atomic E-state index is 5.57. The molecule has 0 aliphatic rings. The van der Waals surface area contributed by atoms with E-state index < -0.39 is 0 Å². The molecule has 0 fully saturated rings. The maximum Gasteiger partial charge on any atom is 0.152 e. The van der Waals surface area contributed by atoms with E-state index in [-0.39, 0.29) is 0 Å². The molecule has 0 unspecified atom stereocenters. The lowest BCUT2D eigenvalue weighted by molar-refractivity contribution is 0.414. The minimum Gasteiger partial charge on any atom is -0.497 e. The Morgan fingerprint density at radius 2 is 2.16 bits per heavy atom. The molecule has 0 saturated heterocycles. The van der Waals surface area contributed by atoms with E-state index in [4.69, 9.17) is 10.5 Å². The van der Waals surface area contributed by atoms with Gasteiger partial charge < -0.3 is 10.5 Å². The average molecular weight is 260 g/mol. The molecule has 0 aliphatic heterocycles. The highest BCUT2D eigenvalue weighted by atomic mass is 16.5. The van der Waals surface area contributed by atoms with Crippen molar-refractivity contribution in [3.8, 4) is 11.4 Å². The molecule has 0 aliphatic carbocycles. The molecule has 1 aromatic heterocycles. The fourth-order valence-electron chi connectivity index (χ4n) is 1.91. The van der Waals surface area contributed by atoms with Crippen LogP contribution >= 0.6 is 0 Å². The number of ether oxygens (including phenoxy) is 1. The van der Waals surface area contributed by atoms with Gasteiger partial charge in [0.05, 0.1) is 12.8 Å². The molecule has 0 radical (unpaired) electrons. The summed E-state index contributed by atoms with van der Waals surface area (Å²) >= 11 is 0. The van der Waals surface area contributed by atoms with Gasteiger partial charge in [-0.05, 0) is 18.7 Å². The van der Waals surface area contributed by atoms with Gasteiger partial charge >= 0.3 is 0 Å². The third kappa shape index (κ3) is 2.93. The number of nitrogens with two attached hydrogens (primary N) is 1. The van der Waals surface area contributed by atoms with E-state index in [2.05, 4.69) is 23.9 Å². The number of rotatable bonds is 5. The number of nitrogens with zero attached hydrogens (tertiary/aromatic N) is 3. The summed E-state index contributed by atoms with van der Waals surface area (Å²) in [5.74, 6) is 2.83. The lowest BCUT2D eigenvalue weighted by Crippen LogP contribution is -2.05. The van der Waals surface area contributed by atoms with E-state index in [1.807, 2.05) is 28.9 Å². The number of hydrogen-bond acceptors (Lipinski definition) is 4. The molecule has 102 valence electrons. The molecule has 0 amide bonds. The van der Waals surface area contributed by atoms with Crippen LogP contribution in [0, 0.1) is 0 Å². The molecule has 2 aromatic rings. The Kier molecular flexibility index (Phi) is 4.16. The first-order valence-electron chi connectivity index (χ1n) is 6.46. The lowest BCUT2D eigenvalue weighted by Gasteiger charge is -2.09. The van der Waals surface area contributed by atoms with Crippen LogP contribution in [0.3, 0.4) is 0 Å². The third-order valence-electron chi connectivity index (χ3n) is 2.86. The Morgan fingerprint density at radius 3 is 2.79 bits per heavy atom. The van der Waals surface area contributed by atoms with Gasteiger partial charge in [0.2, 0.25) is 0 Å². The molecule has 2 N–H and O–H groups in total. The van der Waals surface area contributed by atoms with Crippen molar-refractivity contribution >= 4 is 0 Å². The van der Waals surface area contributed by atoms with Crippen molar-refractivity contribution in [2.75, 3.05) is 13.7 Å². The van der Waals surface area contributed by atoms with E-state index >= 15 is 0 Å². The van der Waals surface area contributed by atoms with Gasteiger partial charge in [-0.3, -0.25) is 0 Å². The summed E-state index contributed by atoms with van der Waals surface area (Å²) in [4.78, 5) is 4.56. The largest absolute Gasteiger partial charge is 0.497 e. The second kappa shape index (κ2) is 5.84. The predicted molar refractivity (Wildman–Crippen MR) is 74.8 cm³/mol. The van der Waals surface area contributed by atoms with Gasteiger partial charge in [-0.2, -0.15) is 5.10 Å². The van der Waals surface area contributed by atoms with Crippen molar-refractivity contribution in [3.05, 3.63) is 35.9 Å². The van der Waals surface area contributed by atoms with Crippen molar-refractivity contribution in [2.45, 2.75) is 26.2 Å². The summed E-state index contributed by atoms with van der Waals surface area (Å²) in [7, 11) is 1.66. The van der Waals surface area contributed by atoms with E-state index in [0.717, 1.165) is 23.1 Å². The summed E-state index contributed by atoms with van der Waals surface area (Å²) in [6.07, 6.45) is 0.691. The third-order valence-corrected chi connectivity index (χ3v) is 2.86. The molecule has 5 heteroatoms. The van der Waals surface area contributed by atoms with Crippen LogP contribution in [0.1, 0.15) is 31.4 Å². The second-order valence-corrected chi connectivity index (χ2v) is 4.69. The van der Waals surface area contributed by atoms with Gasteiger partial charge in [0, 0.05) is 18.4 Å². The van der Waals surface area contributed by atoms with Crippen LogP contribution in [0.5, 0.6) is 5.75 Å². The zero-order chi connectivity index (χ0) is 13.8. The van der Waals surface area contributed by atoms with Gasteiger partial charge in [-0.15, -0.1) is 0 Å². The minimum absolute atomic E-state index is 0.297. The first-order valence-corrected chi connectivity index (χ1v) is 6.46. The molecular formula is C14H20N4O. The summed E-state index contributed by atoms with van der Waals surface area (Å²) in [5.41, 5.74) is 6.53. The molecule has 19 heavy (non-hydrogen) atoms. The second-order valence-electron chi connectivity index (χ2n) is 4.69. The summed E-state index contributed by atoms with van der Waals surface area (Å²) in [6.45, 7) is 4.76. The van der Waals surface area contributed by atoms with Crippen LogP contribution in [0.2, 0.25) is 0 Å². The van der Waals surface area contributed by atoms with Crippen LogP contribution < -0.4 is 10.5 Å². The maximum absolute atomic E-state index is 5.57. The summed E-state index contributed by atoms with van der Waals surface area (Å²) < 4.78 is 7.12. The van der Waals surface area contributed by atoms with E-state index in [9.17, 15) is 0 Å². The number of hydrogen-bond donors (Lipinski definition) is 1. The molecule has 1 aromatic carbocycles. The van der Waals surface area contributed by atoms with Crippen molar-refractivity contribution in [1.29, 1.82) is 0 Å². The predicted octanol–water partition coefficient (Wildman–Crippen LogP) is 1.90. The Balaban J connectivity index is 2.46. The van der Waals surface area contributed by atoms with Crippen LogP contribution in [0.25, 0.3) is 5.69 Å². The fourth-order valence-corrected chi connectivity index (χ4v) is 1.91. The van der Waals surface area contributed by atoms with Crippen LogP contribution in [-0.4, -0.2) is 28.4 Å². The molecule has 0 bridgehead atoms. The van der Waals surface area contributed by atoms with Gasteiger partial charge in [0.1, 0.15) is 11.6 Å². The molecule has 0 atom stereocenters.